The van der Waals surface area contributed by atoms with E-state index in [-0.39, 0.29) is 12.5 Å². The van der Waals surface area contributed by atoms with Crippen molar-refractivity contribution in [2.24, 2.45) is 10.9 Å². The molecule has 1 fully saturated rings. The summed E-state index contributed by atoms with van der Waals surface area (Å²) in [5, 5.41) is 4.23. The molecule has 0 radical (unpaired) electrons. The van der Waals surface area contributed by atoms with Gasteiger partial charge in [-0.2, -0.15) is 0 Å². The maximum Gasteiger partial charge on any atom is 0.469 e. The van der Waals surface area contributed by atoms with Gasteiger partial charge in [0.2, 0.25) is 0 Å². The Morgan fingerprint density at radius 1 is 1.19 bits per heavy atom. The molecule has 7 nitrogen and oxygen atoms in total. The first kappa shape index (κ1) is 23.6. The molecular formula is C23H31N2O5P. The average Bonchev–Trinajstić information content (AvgIpc) is 3.15. The molecule has 0 amide bonds. The Hall–Kier alpha value is -2.02. The summed E-state index contributed by atoms with van der Waals surface area (Å²) in [6.45, 7) is 2.35. The van der Waals surface area contributed by atoms with Crippen LogP contribution in [0.4, 0.5) is 0 Å². The van der Waals surface area contributed by atoms with E-state index in [0.717, 1.165) is 36.1 Å². The first-order valence-corrected chi connectivity index (χ1v) is 12.1. The van der Waals surface area contributed by atoms with Crippen molar-refractivity contribution in [2.45, 2.75) is 50.5 Å². The Bertz CT molecular complexity index is 913. The third-order valence-electron chi connectivity index (χ3n) is 5.71. The van der Waals surface area contributed by atoms with Gasteiger partial charge < -0.3 is 20.4 Å². The van der Waals surface area contributed by atoms with E-state index in [1.807, 2.05) is 37.3 Å². The summed E-state index contributed by atoms with van der Waals surface area (Å²) in [4.78, 5) is 23.3. The van der Waals surface area contributed by atoms with E-state index in [2.05, 4.69) is 33.9 Å². The lowest BCUT2D eigenvalue weighted by atomic mass is 9.93. The van der Waals surface area contributed by atoms with E-state index < -0.39 is 13.4 Å². The Kier molecular flexibility index (Phi) is 8.03. The summed E-state index contributed by atoms with van der Waals surface area (Å²) in [5.41, 5.74) is 9.84. The minimum Gasteiger partial charge on any atom is -0.396 e. The van der Waals surface area contributed by atoms with Gasteiger partial charge in [0.25, 0.3) is 0 Å². The van der Waals surface area contributed by atoms with E-state index in [4.69, 9.17) is 20.4 Å². The smallest absolute Gasteiger partial charge is 0.396 e. The summed E-state index contributed by atoms with van der Waals surface area (Å²) in [6, 6.07) is 18.5. The highest BCUT2D eigenvalue weighted by molar-refractivity contribution is 7.46. The van der Waals surface area contributed by atoms with Gasteiger partial charge in [-0.15, -0.1) is 0 Å². The molecule has 0 saturated heterocycles. The SMILES string of the molecule is C/C(=N\OCCCc1ccccc1)c1ccc([C@@H]2CC[C@](N)(COP(=O)(O)O)C2)cc1. The molecule has 0 unspecified atom stereocenters. The fourth-order valence-corrected chi connectivity index (χ4v) is 4.39. The number of phosphoric acid groups is 1. The number of nitrogens with two attached hydrogens (primary N) is 1. The van der Waals surface area contributed by atoms with Gasteiger partial charge >= 0.3 is 7.82 Å². The van der Waals surface area contributed by atoms with Crippen molar-refractivity contribution in [2.75, 3.05) is 13.2 Å². The van der Waals surface area contributed by atoms with Crippen LogP contribution in [0.1, 0.15) is 55.2 Å². The summed E-state index contributed by atoms with van der Waals surface area (Å²) in [6.07, 6.45) is 4.03. The zero-order valence-corrected chi connectivity index (χ0v) is 18.7. The van der Waals surface area contributed by atoms with Crippen LogP contribution in [0.3, 0.4) is 0 Å². The third-order valence-corrected chi connectivity index (χ3v) is 6.17. The van der Waals surface area contributed by atoms with E-state index >= 15 is 0 Å². The van der Waals surface area contributed by atoms with E-state index in [9.17, 15) is 4.57 Å². The zero-order chi connectivity index (χ0) is 22.3. The molecule has 4 N–H and O–H groups in total. The minimum absolute atomic E-state index is 0.140. The topological polar surface area (TPSA) is 114 Å². The highest BCUT2D eigenvalue weighted by atomic mass is 31.2. The number of aryl methyl sites for hydroxylation is 1. The molecular weight excluding hydrogens is 415 g/mol. The Balaban J connectivity index is 1.47. The first-order valence-electron chi connectivity index (χ1n) is 10.5. The van der Waals surface area contributed by atoms with Crippen LogP contribution in [0.25, 0.3) is 0 Å². The summed E-state index contributed by atoms with van der Waals surface area (Å²) in [5.74, 6) is 0.242. The second-order valence-electron chi connectivity index (χ2n) is 8.29. The van der Waals surface area contributed by atoms with Crippen molar-refractivity contribution in [3.05, 3.63) is 71.3 Å². The van der Waals surface area contributed by atoms with Gasteiger partial charge in [0.05, 0.1) is 12.3 Å². The maximum atomic E-state index is 11.0. The van der Waals surface area contributed by atoms with Crippen molar-refractivity contribution in [3.8, 4) is 0 Å². The van der Waals surface area contributed by atoms with Crippen LogP contribution in [-0.4, -0.2) is 34.3 Å². The normalized spacial score (nSPS) is 21.9. The van der Waals surface area contributed by atoms with Gasteiger partial charge in [-0.1, -0.05) is 59.8 Å². The minimum atomic E-state index is -4.51. The number of phosphoric ester groups is 1. The highest BCUT2D eigenvalue weighted by Crippen LogP contribution is 2.43. The Labute approximate surface area is 183 Å². The predicted molar refractivity (Wildman–Crippen MR) is 121 cm³/mol. The fraction of sp³-hybridized carbons (Fsp3) is 0.435. The molecule has 2 aromatic carbocycles. The van der Waals surface area contributed by atoms with Crippen LogP contribution >= 0.6 is 7.82 Å². The van der Waals surface area contributed by atoms with Crippen LogP contribution in [0.15, 0.2) is 59.8 Å². The molecule has 168 valence electrons. The monoisotopic (exact) mass is 446 g/mol. The van der Waals surface area contributed by atoms with Crippen LogP contribution in [-0.2, 0) is 20.3 Å². The number of benzene rings is 2. The van der Waals surface area contributed by atoms with Crippen LogP contribution in [0.2, 0.25) is 0 Å². The largest absolute Gasteiger partial charge is 0.469 e. The quantitative estimate of drug-likeness (QED) is 0.219. The van der Waals surface area contributed by atoms with E-state index in [1.54, 1.807) is 0 Å². The molecule has 1 saturated carbocycles. The van der Waals surface area contributed by atoms with E-state index in [0.29, 0.717) is 19.4 Å². The molecule has 2 atom stereocenters. The molecule has 1 aliphatic carbocycles. The third kappa shape index (κ3) is 7.56. The van der Waals surface area contributed by atoms with Crippen molar-refractivity contribution in [1.82, 2.24) is 0 Å². The van der Waals surface area contributed by atoms with E-state index in [1.165, 1.54) is 5.56 Å². The number of hydrogen-bond acceptors (Lipinski definition) is 5. The maximum absolute atomic E-state index is 11.0. The molecule has 1 aliphatic rings. The van der Waals surface area contributed by atoms with Gasteiger partial charge in [0.1, 0.15) is 6.61 Å². The van der Waals surface area contributed by atoms with Crippen molar-refractivity contribution < 1.29 is 23.7 Å². The van der Waals surface area contributed by atoms with Gasteiger partial charge in [0.15, 0.2) is 0 Å². The molecule has 8 heteroatoms. The molecule has 3 rings (SSSR count). The molecule has 0 spiro atoms. The standard InChI is InChI=1S/C23H31N2O5P/c1-18(25-29-15-5-8-19-6-3-2-4-7-19)20-9-11-21(12-10-20)22-13-14-23(24,16-22)17-30-31(26,27)28/h2-4,6-7,9-12,22H,5,8,13-17,24H2,1H3,(H2,26,27,28)/b25-18+/t22-,23-/m1/s1. The van der Waals surface area contributed by atoms with Crippen molar-refractivity contribution in [3.63, 3.8) is 0 Å². The van der Waals surface area contributed by atoms with Crippen molar-refractivity contribution in [1.29, 1.82) is 0 Å². The lowest BCUT2D eigenvalue weighted by Crippen LogP contribution is -2.41. The van der Waals surface area contributed by atoms with Gasteiger partial charge in [0, 0.05) is 5.54 Å². The fourth-order valence-electron chi connectivity index (χ4n) is 3.96. The first-order chi connectivity index (χ1) is 14.7. The molecule has 31 heavy (non-hydrogen) atoms. The molecule has 2 aromatic rings. The van der Waals surface area contributed by atoms with Crippen LogP contribution in [0.5, 0.6) is 0 Å². The van der Waals surface area contributed by atoms with Crippen molar-refractivity contribution >= 4 is 13.5 Å². The highest BCUT2D eigenvalue weighted by Gasteiger charge is 2.38. The molecule has 0 heterocycles. The van der Waals surface area contributed by atoms with Gasteiger partial charge in [-0.25, -0.2) is 4.57 Å². The molecule has 0 bridgehead atoms. The summed E-state index contributed by atoms with van der Waals surface area (Å²) in [7, 11) is -4.51. The number of oxime groups is 1. The van der Waals surface area contributed by atoms with Crippen LogP contribution < -0.4 is 5.73 Å². The number of hydrogen-bond donors (Lipinski definition) is 3. The second-order valence-corrected chi connectivity index (χ2v) is 9.53. The van der Waals surface area contributed by atoms with Crippen LogP contribution in [0, 0.1) is 0 Å². The molecule has 0 aromatic heterocycles. The Morgan fingerprint density at radius 3 is 2.58 bits per heavy atom. The number of nitrogens with zero attached hydrogens (tertiary/aromatic N) is 1. The molecule has 0 aliphatic heterocycles. The second kappa shape index (κ2) is 10.5. The zero-order valence-electron chi connectivity index (χ0n) is 17.8. The summed E-state index contributed by atoms with van der Waals surface area (Å²) < 4.78 is 15.6. The Morgan fingerprint density at radius 2 is 1.90 bits per heavy atom. The predicted octanol–water partition coefficient (Wildman–Crippen LogP) is 4.13. The van der Waals surface area contributed by atoms with Gasteiger partial charge in [-0.05, 0) is 61.6 Å². The number of rotatable bonds is 10. The lowest BCUT2D eigenvalue weighted by molar-refractivity contribution is 0.142. The summed E-state index contributed by atoms with van der Waals surface area (Å²) >= 11 is 0. The van der Waals surface area contributed by atoms with Gasteiger partial charge in [-0.3, -0.25) is 4.52 Å². The average molecular weight is 446 g/mol. The lowest BCUT2D eigenvalue weighted by Gasteiger charge is -2.24.